The normalized spacial score (nSPS) is 10.7. The van der Waals surface area contributed by atoms with Gasteiger partial charge in [-0.25, -0.2) is 0 Å². The second-order valence-corrected chi connectivity index (χ2v) is 5.49. The Hall–Kier alpha value is -0.990. The Bertz CT molecular complexity index is 390. The van der Waals surface area contributed by atoms with Crippen LogP contribution in [0.25, 0.3) is 0 Å². The molecular weight excluding hydrogens is 258 g/mol. The van der Waals surface area contributed by atoms with Crippen LogP contribution < -0.4 is 10.1 Å². The van der Waals surface area contributed by atoms with Crippen molar-refractivity contribution < 1.29 is 4.74 Å². The van der Waals surface area contributed by atoms with Gasteiger partial charge in [-0.3, -0.25) is 0 Å². The first-order valence-corrected chi connectivity index (χ1v) is 7.24. The van der Waals surface area contributed by atoms with Gasteiger partial charge in [0.2, 0.25) is 0 Å². The third-order valence-electron chi connectivity index (χ3n) is 2.70. The molecule has 1 N–H and O–H groups in total. The summed E-state index contributed by atoms with van der Waals surface area (Å²) in [4.78, 5) is 0. The number of unbranched alkanes of at least 4 members (excludes halogenated alkanes) is 1. The van der Waals surface area contributed by atoms with Crippen molar-refractivity contribution in [3.05, 3.63) is 41.4 Å². The van der Waals surface area contributed by atoms with Crippen LogP contribution in [0.4, 0.5) is 0 Å². The molecule has 0 bridgehead atoms. The lowest BCUT2D eigenvalue weighted by Gasteiger charge is -2.13. The smallest absolute Gasteiger partial charge is 0.123 e. The zero-order valence-corrected chi connectivity index (χ0v) is 12.7. The molecule has 0 aromatic heterocycles. The summed E-state index contributed by atoms with van der Waals surface area (Å²) in [5.41, 5.74) is 1.12. The molecule has 0 unspecified atom stereocenters. The third-order valence-corrected chi connectivity index (χ3v) is 2.94. The molecule has 0 atom stereocenters. The van der Waals surface area contributed by atoms with Gasteiger partial charge in [0.1, 0.15) is 5.75 Å². The van der Waals surface area contributed by atoms with E-state index >= 15 is 0 Å². The predicted octanol–water partition coefficient (Wildman–Crippen LogP) is 4.43. The summed E-state index contributed by atoms with van der Waals surface area (Å²) in [5, 5.41) is 4.17. The maximum Gasteiger partial charge on any atom is 0.123 e. The molecule has 0 aliphatic heterocycles. The second-order valence-electron chi connectivity index (χ2n) is 5.06. The number of ether oxygens (including phenoxy) is 1. The summed E-state index contributed by atoms with van der Waals surface area (Å²) in [6, 6.07) is 5.79. The molecular formula is C16H24ClNO. The van der Waals surface area contributed by atoms with Gasteiger partial charge in [-0.05, 0) is 43.5 Å². The minimum Gasteiger partial charge on any atom is -0.493 e. The largest absolute Gasteiger partial charge is 0.493 e. The summed E-state index contributed by atoms with van der Waals surface area (Å²) < 4.78 is 5.81. The molecule has 3 heteroatoms. The lowest BCUT2D eigenvalue weighted by molar-refractivity contribution is 0.308. The van der Waals surface area contributed by atoms with E-state index in [0.29, 0.717) is 12.5 Å². The topological polar surface area (TPSA) is 21.3 Å². The maximum atomic E-state index is 6.05. The maximum absolute atomic E-state index is 6.05. The van der Waals surface area contributed by atoms with Crippen molar-refractivity contribution in [1.82, 2.24) is 5.32 Å². The van der Waals surface area contributed by atoms with E-state index in [1.54, 1.807) is 0 Å². The van der Waals surface area contributed by atoms with Crippen molar-refractivity contribution in [3.63, 3.8) is 0 Å². The Morgan fingerprint density at radius 2 is 2.21 bits per heavy atom. The van der Waals surface area contributed by atoms with Gasteiger partial charge < -0.3 is 10.1 Å². The van der Waals surface area contributed by atoms with Gasteiger partial charge in [-0.1, -0.05) is 31.5 Å². The summed E-state index contributed by atoms with van der Waals surface area (Å²) in [6.07, 6.45) is 3.88. The number of halogens is 1. The van der Waals surface area contributed by atoms with E-state index < -0.39 is 0 Å². The first-order valence-electron chi connectivity index (χ1n) is 6.86. The van der Waals surface area contributed by atoms with E-state index in [1.165, 1.54) is 0 Å². The minimum absolute atomic E-state index is 0.635. The number of rotatable bonds is 9. The highest BCUT2D eigenvalue weighted by Crippen LogP contribution is 2.23. The summed E-state index contributed by atoms with van der Waals surface area (Å²) in [6.45, 7) is 10.6. The second kappa shape index (κ2) is 9.00. The molecule has 0 saturated carbocycles. The molecule has 0 aliphatic rings. The molecule has 0 fully saturated rings. The van der Waals surface area contributed by atoms with Crippen LogP contribution in [0, 0.1) is 5.92 Å². The molecule has 0 saturated heterocycles. The van der Waals surface area contributed by atoms with Crippen molar-refractivity contribution in [2.75, 3.05) is 13.2 Å². The van der Waals surface area contributed by atoms with Gasteiger partial charge in [0.05, 0.1) is 6.61 Å². The Morgan fingerprint density at radius 1 is 1.42 bits per heavy atom. The van der Waals surface area contributed by atoms with Gasteiger partial charge in [0, 0.05) is 17.1 Å². The Balaban J connectivity index is 2.55. The van der Waals surface area contributed by atoms with Crippen molar-refractivity contribution in [3.8, 4) is 5.75 Å². The van der Waals surface area contributed by atoms with Crippen LogP contribution in [0.2, 0.25) is 5.02 Å². The molecule has 2 nitrogen and oxygen atoms in total. The first-order chi connectivity index (χ1) is 9.13. The first kappa shape index (κ1) is 16.1. The molecule has 106 valence electrons. The van der Waals surface area contributed by atoms with Crippen molar-refractivity contribution in [2.45, 2.75) is 33.2 Å². The molecule has 1 rings (SSSR count). The van der Waals surface area contributed by atoms with Crippen molar-refractivity contribution >= 4 is 11.6 Å². The zero-order valence-electron chi connectivity index (χ0n) is 11.9. The molecule has 19 heavy (non-hydrogen) atoms. The lowest BCUT2D eigenvalue weighted by atomic mass is 10.1. The van der Waals surface area contributed by atoms with Crippen LogP contribution in [0.15, 0.2) is 30.9 Å². The Morgan fingerprint density at radius 3 is 2.89 bits per heavy atom. The van der Waals surface area contributed by atoms with E-state index in [9.17, 15) is 0 Å². The molecule has 1 aromatic carbocycles. The quantitative estimate of drug-likeness (QED) is 0.534. The molecule has 0 spiro atoms. The molecule has 0 amide bonds. The molecule has 0 aliphatic carbocycles. The van der Waals surface area contributed by atoms with Gasteiger partial charge in [0.25, 0.3) is 0 Å². The standard InChI is InChI=1S/C16H24ClNO/c1-4-5-6-9-19-16-8-7-15(17)10-14(16)12-18-11-13(2)3/h4,7-8,10,13,18H,1,5-6,9,11-12H2,2-3H3. The summed E-state index contributed by atoms with van der Waals surface area (Å²) >= 11 is 6.05. The lowest BCUT2D eigenvalue weighted by Crippen LogP contribution is -2.19. The van der Waals surface area contributed by atoms with E-state index in [-0.39, 0.29) is 0 Å². The minimum atomic E-state index is 0.635. The third kappa shape index (κ3) is 6.65. The van der Waals surface area contributed by atoms with Gasteiger partial charge in [-0.15, -0.1) is 6.58 Å². The van der Waals surface area contributed by atoms with E-state index in [1.807, 2.05) is 24.3 Å². The number of hydrogen-bond acceptors (Lipinski definition) is 2. The van der Waals surface area contributed by atoms with Crippen LogP contribution in [0.5, 0.6) is 5.75 Å². The van der Waals surface area contributed by atoms with Crippen LogP contribution in [-0.4, -0.2) is 13.2 Å². The Labute approximate surface area is 121 Å². The fraction of sp³-hybridized carbons (Fsp3) is 0.500. The van der Waals surface area contributed by atoms with E-state index in [0.717, 1.165) is 42.3 Å². The number of benzene rings is 1. The number of hydrogen-bond donors (Lipinski definition) is 1. The highest BCUT2D eigenvalue weighted by Gasteiger charge is 2.05. The Kier molecular flexibility index (Phi) is 7.61. The SMILES string of the molecule is C=CCCCOc1ccc(Cl)cc1CNCC(C)C. The monoisotopic (exact) mass is 281 g/mol. The van der Waals surface area contributed by atoms with Crippen molar-refractivity contribution in [2.24, 2.45) is 5.92 Å². The van der Waals surface area contributed by atoms with Crippen LogP contribution in [-0.2, 0) is 6.54 Å². The van der Waals surface area contributed by atoms with Gasteiger partial charge >= 0.3 is 0 Å². The molecule has 1 aromatic rings. The predicted molar refractivity (Wildman–Crippen MR) is 82.9 cm³/mol. The highest BCUT2D eigenvalue weighted by molar-refractivity contribution is 6.30. The molecule has 0 heterocycles. The average molecular weight is 282 g/mol. The zero-order chi connectivity index (χ0) is 14.1. The highest BCUT2D eigenvalue weighted by atomic mass is 35.5. The van der Waals surface area contributed by atoms with E-state index in [4.69, 9.17) is 16.3 Å². The summed E-state index contributed by atoms with van der Waals surface area (Å²) in [5.74, 6) is 1.56. The van der Waals surface area contributed by atoms with Crippen LogP contribution >= 0.6 is 11.6 Å². The van der Waals surface area contributed by atoms with Crippen LogP contribution in [0.1, 0.15) is 32.3 Å². The van der Waals surface area contributed by atoms with E-state index in [2.05, 4.69) is 25.7 Å². The molecule has 0 radical (unpaired) electrons. The average Bonchev–Trinajstić information content (AvgIpc) is 2.36. The van der Waals surface area contributed by atoms with Crippen molar-refractivity contribution in [1.29, 1.82) is 0 Å². The van der Waals surface area contributed by atoms with Gasteiger partial charge in [-0.2, -0.15) is 0 Å². The number of allylic oxidation sites excluding steroid dienone is 1. The van der Waals surface area contributed by atoms with Crippen LogP contribution in [0.3, 0.4) is 0 Å². The fourth-order valence-electron chi connectivity index (χ4n) is 1.73. The summed E-state index contributed by atoms with van der Waals surface area (Å²) in [7, 11) is 0. The number of nitrogens with one attached hydrogen (secondary N) is 1. The van der Waals surface area contributed by atoms with Gasteiger partial charge in [0.15, 0.2) is 0 Å². The fourth-order valence-corrected chi connectivity index (χ4v) is 1.93.